The molecule has 11 heteroatoms. The third-order valence-corrected chi connectivity index (χ3v) is 7.23. The largest absolute Gasteiger partial charge is 0.337 e. The fraction of sp³-hybridized carbons (Fsp3) is 0.526. The average molecular weight is 439 g/mol. The van der Waals surface area contributed by atoms with E-state index in [9.17, 15) is 22.0 Å². The highest BCUT2D eigenvalue weighted by Crippen LogP contribution is 2.29. The van der Waals surface area contributed by atoms with Gasteiger partial charge in [0.05, 0.1) is 17.1 Å². The summed E-state index contributed by atoms with van der Waals surface area (Å²) in [6.07, 6.45) is 6.11. The number of benzene rings is 1. The lowest BCUT2D eigenvalue weighted by molar-refractivity contribution is 0.0787. The van der Waals surface area contributed by atoms with Crippen molar-refractivity contribution in [2.75, 3.05) is 13.1 Å². The van der Waals surface area contributed by atoms with Gasteiger partial charge in [0.2, 0.25) is 10.0 Å². The second-order valence-electron chi connectivity index (χ2n) is 7.79. The van der Waals surface area contributed by atoms with Crippen molar-refractivity contribution in [2.24, 2.45) is 0 Å². The topological polar surface area (TPSA) is 97.2 Å². The number of amides is 1. The van der Waals surface area contributed by atoms with Crippen LogP contribution in [0.3, 0.4) is 0 Å². The van der Waals surface area contributed by atoms with E-state index in [1.165, 1.54) is 0 Å². The van der Waals surface area contributed by atoms with Gasteiger partial charge in [0.25, 0.3) is 5.91 Å². The summed E-state index contributed by atoms with van der Waals surface area (Å²) in [5.74, 6) is -2.40. The van der Waals surface area contributed by atoms with Gasteiger partial charge in [-0.3, -0.25) is 4.79 Å². The molecule has 162 valence electrons. The fourth-order valence-electron chi connectivity index (χ4n) is 4.03. The number of nitrogens with zero attached hydrogens (tertiary/aromatic N) is 4. The number of rotatable bonds is 5. The zero-order valence-electron chi connectivity index (χ0n) is 16.3. The predicted molar refractivity (Wildman–Crippen MR) is 103 cm³/mol. The number of sulfonamides is 1. The highest BCUT2D eigenvalue weighted by Gasteiger charge is 2.29. The molecule has 0 spiro atoms. The number of hydrogen-bond donors (Lipinski definition) is 1. The van der Waals surface area contributed by atoms with Crippen LogP contribution in [0.5, 0.6) is 0 Å². The molecule has 30 heavy (non-hydrogen) atoms. The van der Waals surface area contributed by atoms with E-state index in [-0.39, 0.29) is 22.9 Å². The Morgan fingerprint density at radius 1 is 1.07 bits per heavy atom. The molecule has 2 aromatic rings. The van der Waals surface area contributed by atoms with E-state index in [4.69, 9.17) is 0 Å². The van der Waals surface area contributed by atoms with E-state index in [1.54, 1.807) is 15.8 Å². The van der Waals surface area contributed by atoms with Gasteiger partial charge in [0.15, 0.2) is 17.3 Å². The maximum absolute atomic E-state index is 13.4. The van der Waals surface area contributed by atoms with Crippen LogP contribution in [0.25, 0.3) is 0 Å². The normalized spacial score (nSPS) is 22.4. The summed E-state index contributed by atoms with van der Waals surface area (Å²) < 4.78 is 55.6. The summed E-state index contributed by atoms with van der Waals surface area (Å²) >= 11 is 0. The molecule has 8 nitrogen and oxygen atoms in total. The molecule has 2 fully saturated rings. The first kappa shape index (κ1) is 20.9. The van der Waals surface area contributed by atoms with Crippen LogP contribution >= 0.6 is 0 Å². The van der Waals surface area contributed by atoms with Crippen molar-refractivity contribution in [3.8, 4) is 0 Å². The molecule has 2 heterocycles. The fourth-order valence-corrected chi connectivity index (χ4v) is 5.34. The first-order valence-corrected chi connectivity index (χ1v) is 11.5. The quantitative estimate of drug-likeness (QED) is 0.771. The number of nitrogens with one attached hydrogen (secondary N) is 1. The molecule has 1 aromatic carbocycles. The number of carbonyl (C=O) groups is 1. The smallest absolute Gasteiger partial charge is 0.276 e. The van der Waals surface area contributed by atoms with Gasteiger partial charge in [-0.1, -0.05) is 5.21 Å². The van der Waals surface area contributed by atoms with Crippen molar-refractivity contribution >= 4 is 15.9 Å². The number of likely N-dealkylation sites (tertiary alicyclic amines) is 1. The Kier molecular flexibility index (Phi) is 5.83. The summed E-state index contributed by atoms with van der Waals surface area (Å²) in [5, 5.41) is 8.11. The molecule has 1 N–H and O–H groups in total. The SMILES string of the molecule is O=C(c1cn(C2CCC(NS(=O)(=O)c3ccc(F)c(F)c3)CC2)nn1)N1CCCC1. The van der Waals surface area contributed by atoms with E-state index < -0.39 is 21.7 Å². The van der Waals surface area contributed by atoms with Crippen molar-refractivity contribution in [3.05, 3.63) is 41.7 Å². The summed E-state index contributed by atoms with van der Waals surface area (Å²) in [4.78, 5) is 13.9. The Balaban J connectivity index is 1.35. The van der Waals surface area contributed by atoms with Gasteiger partial charge in [-0.2, -0.15) is 0 Å². The first-order valence-electron chi connectivity index (χ1n) is 10.0. The van der Waals surface area contributed by atoms with E-state index in [0.29, 0.717) is 37.4 Å². The highest BCUT2D eigenvalue weighted by molar-refractivity contribution is 7.89. The molecule has 4 rings (SSSR count). The van der Waals surface area contributed by atoms with Crippen LogP contribution in [0.1, 0.15) is 55.1 Å². The number of halogens is 2. The van der Waals surface area contributed by atoms with E-state index in [2.05, 4.69) is 15.0 Å². The summed E-state index contributed by atoms with van der Waals surface area (Å²) in [6.45, 7) is 1.49. The van der Waals surface area contributed by atoms with Crippen LogP contribution in [0, 0.1) is 11.6 Å². The predicted octanol–water partition coefficient (Wildman–Crippen LogP) is 2.25. The third kappa shape index (κ3) is 4.36. The minimum absolute atomic E-state index is 0.0293. The molecular weight excluding hydrogens is 416 g/mol. The zero-order valence-corrected chi connectivity index (χ0v) is 17.1. The Morgan fingerprint density at radius 2 is 1.77 bits per heavy atom. The van der Waals surface area contributed by atoms with Crippen LogP contribution < -0.4 is 4.72 Å². The lowest BCUT2D eigenvalue weighted by Gasteiger charge is -2.28. The van der Waals surface area contributed by atoms with Crippen molar-refractivity contribution in [2.45, 2.75) is 55.5 Å². The molecule has 1 saturated heterocycles. The maximum atomic E-state index is 13.4. The second-order valence-corrected chi connectivity index (χ2v) is 9.50. The van der Waals surface area contributed by atoms with Crippen LogP contribution in [-0.2, 0) is 10.0 Å². The van der Waals surface area contributed by atoms with Gasteiger partial charge in [-0.05, 0) is 56.7 Å². The molecule has 1 saturated carbocycles. The molecular formula is C19H23F2N5O3S. The van der Waals surface area contributed by atoms with E-state index >= 15 is 0 Å². The molecule has 0 bridgehead atoms. The lowest BCUT2D eigenvalue weighted by atomic mass is 9.92. The minimum atomic E-state index is -3.94. The monoisotopic (exact) mass is 439 g/mol. The molecule has 1 amide bonds. The number of aromatic nitrogens is 3. The average Bonchev–Trinajstić information content (AvgIpc) is 3.42. The van der Waals surface area contributed by atoms with Crippen LogP contribution in [0.15, 0.2) is 29.3 Å². The van der Waals surface area contributed by atoms with E-state index in [1.807, 2.05) is 0 Å². The first-order chi connectivity index (χ1) is 14.3. The van der Waals surface area contributed by atoms with Gasteiger partial charge >= 0.3 is 0 Å². The molecule has 0 radical (unpaired) electrons. The van der Waals surface area contributed by atoms with Gasteiger partial charge in [-0.25, -0.2) is 26.6 Å². The van der Waals surface area contributed by atoms with E-state index in [0.717, 1.165) is 38.1 Å². The molecule has 1 aliphatic heterocycles. The van der Waals surface area contributed by atoms with Gasteiger partial charge in [0, 0.05) is 19.1 Å². The summed E-state index contributed by atoms with van der Waals surface area (Å²) in [5.41, 5.74) is 0.332. The van der Waals surface area contributed by atoms with Crippen LogP contribution in [0.4, 0.5) is 8.78 Å². The van der Waals surface area contributed by atoms with Gasteiger partial charge in [-0.15, -0.1) is 5.10 Å². The molecule has 1 aromatic heterocycles. The summed E-state index contributed by atoms with van der Waals surface area (Å²) in [7, 11) is -3.94. The Labute approximate surface area is 173 Å². The Bertz CT molecular complexity index is 1030. The maximum Gasteiger partial charge on any atom is 0.276 e. The van der Waals surface area contributed by atoms with Crippen molar-refractivity contribution < 1.29 is 22.0 Å². The Morgan fingerprint density at radius 3 is 2.43 bits per heavy atom. The minimum Gasteiger partial charge on any atom is -0.337 e. The zero-order chi connectivity index (χ0) is 21.3. The highest BCUT2D eigenvalue weighted by atomic mass is 32.2. The standard InChI is InChI=1S/C19H23F2N5O3S/c20-16-8-7-15(11-17(16)21)30(28,29)23-13-3-5-14(6-4-13)26-12-18(22-24-26)19(27)25-9-1-2-10-25/h7-8,11-14,23H,1-6,9-10H2. The Hall–Kier alpha value is -2.40. The van der Waals surface area contributed by atoms with Crippen molar-refractivity contribution in [3.63, 3.8) is 0 Å². The number of hydrogen-bond acceptors (Lipinski definition) is 5. The second kappa shape index (κ2) is 8.38. The number of carbonyl (C=O) groups excluding carboxylic acids is 1. The van der Waals surface area contributed by atoms with Gasteiger partial charge < -0.3 is 4.90 Å². The van der Waals surface area contributed by atoms with Crippen molar-refractivity contribution in [1.29, 1.82) is 0 Å². The summed E-state index contributed by atoms with van der Waals surface area (Å²) in [6, 6.07) is 2.24. The lowest BCUT2D eigenvalue weighted by Crippen LogP contribution is -2.38. The molecule has 2 aliphatic rings. The van der Waals surface area contributed by atoms with Gasteiger partial charge in [0.1, 0.15) is 0 Å². The molecule has 0 atom stereocenters. The molecule has 1 aliphatic carbocycles. The van der Waals surface area contributed by atoms with Crippen LogP contribution in [0.2, 0.25) is 0 Å². The van der Waals surface area contributed by atoms with Crippen LogP contribution in [-0.4, -0.2) is 53.4 Å². The molecule has 0 unspecified atom stereocenters. The third-order valence-electron chi connectivity index (χ3n) is 5.72. The van der Waals surface area contributed by atoms with Crippen molar-refractivity contribution in [1.82, 2.24) is 24.6 Å².